The second-order valence-corrected chi connectivity index (χ2v) is 8.40. The third-order valence-electron chi connectivity index (χ3n) is 4.67. The SMILES string of the molecule is CCCCCCCCCCOc1cc(S(=O)(=O)O)c(CCCOC)cc1OC. The van der Waals surface area contributed by atoms with Crippen LogP contribution in [0, 0.1) is 0 Å². The predicted molar refractivity (Wildman–Crippen MR) is 111 cm³/mol. The van der Waals surface area contributed by atoms with Gasteiger partial charge in [-0.2, -0.15) is 8.42 Å². The van der Waals surface area contributed by atoms with E-state index in [2.05, 4.69) is 6.92 Å². The lowest BCUT2D eigenvalue weighted by molar-refractivity contribution is 0.195. The molecule has 0 aliphatic heterocycles. The van der Waals surface area contributed by atoms with E-state index in [0.29, 0.717) is 43.1 Å². The first-order valence-corrected chi connectivity index (χ1v) is 11.7. The van der Waals surface area contributed by atoms with E-state index < -0.39 is 10.1 Å². The van der Waals surface area contributed by atoms with Gasteiger partial charge in [0.1, 0.15) is 4.90 Å². The van der Waals surface area contributed by atoms with Crippen molar-refractivity contribution in [1.82, 2.24) is 0 Å². The molecule has 1 aromatic rings. The minimum absolute atomic E-state index is 0.129. The standard InChI is InChI=1S/C21H36O6S/c1-4-5-6-7-8-9-10-11-15-27-20-17-21(28(22,23)24)18(13-12-14-25-2)16-19(20)26-3/h16-17H,4-15H2,1-3H3,(H,22,23,24). The second kappa shape index (κ2) is 13.8. The third kappa shape index (κ3) is 9.26. The highest BCUT2D eigenvalue weighted by Gasteiger charge is 2.20. The maximum Gasteiger partial charge on any atom is 0.294 e. The molecule has 0 bridgehead atoms. The molecule has 7 heteroatoms. The molecule has 0 spiro atoms. The summed E-state index contributed by atoms with van der Waals surface area (Å²) in [6, 6.07) is 2.99. The van der Waals surface area contributed by atoms with E-state index in [1.807, 2.05) is 0 Å². The van der Waals surface area contributed by atoms with Crippen molar-refractivity contribution in [2.24, 2.45) is 0 Å². The predicted octanol–water partition coefficient (Wildman–Crippen LogP) is 5.04. The molecule has 162 valence electrons. The van der Waals surface area contributed by atoms with Crippen LogP contribution in [0.5, 0.6) is 11.5 Å². The molecule has 0 atom stereocenters. The van der Waals surface area contributed by atoms with Crippen molar-refractivity contribution < 1.29 is 27.2 Å². The molecule has 0 aliphatic carbocycles. The third-order valence-corrected chi connectivity index (χ3v) is 5.61. The van der Waals surface area contributed by atoms with E-state index >= 15 is 0 Å². The van der Waals surface area contributed by atoms with Crippen molar-refractivity contribution in [3.63, 3.8) is 0 Å². The Balaban J connectivity index is 2.65. The number of hydrogen-bond donors (Lipinski definition) is 1. The van der Waals surface area contributed by atoms with E-state index in [4.69, 9.17) is 14.2 Å². The molecule has 0 aromatic heterocycles. The highest BCUT2D eigenvalue weighted by Crippen LogP contribution is 2.34. The molecule has 0 saturated carbocycles. The number of hydrogen-bond acceptors (Lipinski definition) is 5. The lowest BCUT2D eigenvalue weighted by atomic mass is 10.1. The van der Waals surface area contributed by atoms with Crippen molar-refractivity contribution in [2.45, 2.75) is 76.0 Å². The molecule has 0 saturated heterocycles. The molecule has 6 nitrogen and oxygen atoms in total. The fraction of sp³-hybridized carbons (Fsp3) is 0.714. The normalized spacial score (nSPS) is 11.6. The largest absolute Gasteiger partial charge is 0.493 e. The summed E-state index contributed by atoms with van der Waals surface area (Å²) in [6.45, 7) is 3.20. The van der Waals surface area contributed by atoms with Crippen molar-refractivity contribution in [3.05, 3.63) is 17.7 Å². The molecule has 0 unspecified atom stereocenters. The molecule has 0 amide bonds. The van der Waals surface area contributed by atoms with Crippen molar-refractivity contribution in [1.29, 1.82) is 0 Å². The van der Waals surface area contributed by atoms with Gasteiger partial charge in [0.2, 0.25) is 0 Å². The van der Waals surface area contributed by atoms with Crippen LogP contribution in [-0.4, -0.2) is 40.4 Å². The lowest BCUT2D eigenvalue weighted by Gasteiger charge is -2.15. The molecular weight excluding hydrogens is 380 g/mol. The Hall–Kier alpha value is -1.31. The summed E-state index contributed by atoms with van der Waals surface area (Å²) in [4.78, 5) is -0.129. The summed E-state index contributed by atoms with van der Waals surface area (Å²) < 4.78 is 49.3. The van der Waals surface area contributed by atoms with E-state index in [-0.39, 0.29) is 4.90 Å². The minimum Gasteiger partial charge on any atom is -0.493 e. The molecule has 1 rings (SSSR count). The van der Waals surface area contributed by atoms with Gasteiger partial charge in [0.05, 0.1) is 13.7 Å². The molecule has 0 aliphatic rings. The molecule has 1 N–H and O–H groups in total. The molecule has 0 heterocycles. The van der Waals surface area contributed by atoms with Gasteiger partial charge in [-0.3, -0.25) is 4.55 Å². The first-order valence-electron chi connectivity index (χ1n) is 10.2. The summed E-state index contributed by atoms with van der Waals surface area (Å²) in [5, 5.41) is 0. The first-order chi connectivity index (χ1) is 13.4. The van der Waals surface area contributed by atoms with Crippen molar-refractivity contribution in [2.75, 3.05) is 27.4 Å². The fourth-order valence-corrected chi connectivity index (χ4v) is 3.86. The first kappa shape index (κ1) is 24.7. The highest BCUT2D eigenvalue weighted by molar-refractivity contribution is 7.85. The number of benzene rings is 1. The topological polar surface area (TPSA) is 82.1 Å². The fourth-order valence-electron chi connectivity index (χ4n) is 3.12. The number of rotatable bonds is 16. The van der Waals surface area contributed by atoms with Gasteiger partial charge in [-0.05, 0) is 30.9 Å². The van der Waals surface area contributed by atoms with Gasteiger partial charge in [-0.15, -0.1) is 0 Å². The molecule has 0 radical (unpaired) electrons. The number of unbranched alkanes of at least 4 members (excludes halogenated alkanes) is 7. The number of methoxy groups -OCH3 is 2. The van der Waals surface area contributed by atoms with Gasteiger partial charge in [0.15, 0.2) is 11.5 Å². The Kier molecular flexibility index (Phi) is 12.2. The maximum atomic E-state index is 11.8. The summed E-state index contributed by atoms with van der Waals surface area (Å²) in [7, 11) is -1.24. The Morgan fingerprint density at radius 1 is 0.857 bits per heavy atom. The summed E-state index contributed by atoms with van der Waals surface area (Å²) in [6.07, 6.45) is 10.6. The zero-order valence-electron chi connectivity index (χ0n) is 17.5. The second-order valence-electron chi connectivity index (χ2n) is 7.01. The van der Waals surface area contributed by atoms with Gasteiger partial charge >= 0.3 is 0 Å². The van der Waals surface area contributed by atoms with Crippen LogP contribution in [-0.2, 0) is 21.3 Å². The average Bonchev–Trinajstić information content (AvgIpc) is 2.66. The van der Waals surface area contributed by atoms with Crippen LogP contribution < -0.4 is 9.47 Å². The zero-order valence-corrected chi connectivity index (χ0v) is 18.4. The zero-order chi connectivity index (χ0) is 20.8. The van der Waals surface area contributed by atoms with Crippen LogP contribution >= 0.6 is 0 Å². The number of ether oxygens (including phenoxy) is 3. The van der Waals surface area contributed by atoms with Crippen LogP contribution in [0.2, 0.25) is 0 Å². The van der Waals surface area contributed by atoms with Crippen LogP contribution in [0.15, 0.2) is 17.0 Å². The Morgan fingerprint density at radius 2 is 1.50 bits per heavy atom. The van der Waals surface area contributed by atoms with Crippen LogP contribution in [0.25, 0.3) is 0 Å². The van der Waals surface area contributed by atoms with Gasteiger partial charge in [0, 0.05) is 19.8 Å². The van der Waals surface area contributed by atoms with Crippen molar-refractivity contribution in [3.8, 4) is 11.5 Å². The Morgan fingerprint density at radius 3 is 2.07 bits per heavy atom. The van der Waals surface area contributed by atoms with Crippen LogP contribution in [0.3, 0.4) is 0 Å². The summed E-state index contributed by atoms with van der Waals surface area (Å²) in [5.74, 6) is 0.813. The number of aryl methyl sites for hydroxylation is 1. The van der Waals surface area contributed by atoms with Crippen LogP contribution in [0.1, 0.15) is 70.3 Å². The van der Waals surface area contributed by atoms with Gasteiger partial charge < -0.3 is 14.2 Å². The monoisotopic (exact) mass is 416 g/mol. The smallest absolute Gasteiger partial charge is 0.294 e. The average molecular weight is 417 g/mol. The summed E-state index contributed by atoms with van der Waals surface area (Å²) in [5.41, 5.74) is 0.496. The van der Waals surface area contributed by atoms with Gasteiger partial charge in [-0.25, -0.2) is 0 Å². The maximum absolute atomic E-state index is 11.8. The van der Waals surface area contributed by atoms with Crippen LogP contribution in [0.4, 0.5) is 0 Å². The van der Waals surface area contributed by atoms with E-state index in [9.17, 15) is 13.0 Å². The Bertz CT molecular complexity index is 657. The van der Waals surface area contributed by atoms with Gasteiger partial charge in [0.25, 0.3) is 10.1 Å². The van der Waals surface area contributed by atoms with E-state index in [1.165, 1.54) is 51.7 Å². The van der Waals surface area contributed by atoms with E-state index in [0.717, 1.165) is 12.8 Å². The summed E-state index contributed by atoms with van der Waals surface area (Å²) >= 11 is 0. The van der Waals surface area contributed by atoms with E-state index in [1.54, 1.807) is 13.2 Å². The molecule has 0 fully saturated rings. The quantitative estimate of drug-likeness (QED) is 0.300. The van der Waals surface area contributed by atoms with Crippen molar-refractivity contribution >= 4 is 10.1 Å². The van der Waals surface area contributed by atoms with Gasteiger partial charge in [-0.1, -0.05) is 51.9 Å². The molecule has 28 heavy (non-hydrogen) atoms. The molecule has 1 aromatic carbocycles. The highest BCUT2D eigenvalue weighted by atomic mass is 32.2. The molecular formula is C21H36O6S. The minimum atomic E-state index is -4.34. The Labute approximate surface area is 170 Å². The lowest BCUT2D eigenvalue weighted by Crippen LogP contribution is -2.07.